The molecule has 1 aliphatic rings. The highest BCUT2D eigenvalue weighted by Gasteiger charge is 2.25. The summed E-state index contributed by atoms with van der Waals surface area (Å²) < 4.78 is 6.21. The van der Waals surface area contributed by atoms with Crippen molar-refractivity contribution in [2.75, 3.05) is 32.8 Å². The van der Waals surface area contributed by atoms with Crippen LogP contribution < -0.4 is 5.56 Å². The van der Waals surface area contributed by atoms with Crippen LogP contribution in [0.25, 0.3) is 22.0 Å². The summed E-state index contributed by atoms with van der Waals surface area (Å²) in [5.41, 5.74) is 1.21. The van der Waals surface area contributed by atoms with Gasteiger partial charge < -0.3 is 14.5 Å². The van der Waals surface area contributed by atoms with Crippen LogP contribution in [0.2, 0.25) is 0 Å². The molecule has 1 aliphatic heterocycles. The number of rotatable bonds is 4. The number of hydrogen-bond acceptors (Lipinski definition) is 5. The molecule has 0 spiro atoms. The van der Waals surface area contributed by atoms with Gasteiger partial charge in [0.2, 0.25) is 5.91 Å². The first-order chi connectivity index (χ1) is 15.1. The van der Waals surface area contributed by atoms with E-state index in [9.17, 15) is 14.4 Å². The van der Waals surface area contributed by atoms with E-state index in [0.717, 1.165) is 16.3 Å². The molecule has 160 valence electrons. The second-order valence-corrected chi connectivity index (χ2v) is 7.31. The lowest BCUT2D eigenvalue weighted by Crippen LogP contribution is -2.51. The summed E-state index contributed by atoms with van der Waals surface area (Å²) in [5.74, 6) is -0.201. The van der Waals surface area contributed by atoms with Gasteiger partial charge in [0.1, 0.15) is 6.54 Å². The minimum absolute atomic E-state index is 0.142. The van der Waals surface area contributed by atoms with Gasteiger partial charge in [-0.2, -0.15) is 5.10 Å². The van der Waals surface area contributed by atoms with Crippen LogP contribution in [-0.4, -0.2) is 64.4 Å². The maximum atomic E-state index is 12.8. The quantitative estimate of drug-likeness (QED) is 0.647. The molecule has 0 N–H and O–H groups in total. The van der Waals surface area contributed by atoms with Crippen molar-refractivity contribution in [1.82, 2.24) is 19.6 Å². The number of fused-ring (bicyclic) bond motifs is 1. The van der Waals surface area contributed by atoms with E-state index in [1.54, 1.807) is 22.8 Å². The van der Waals surface area contributed by atoms with E-state index in [-0.39, 0.29) is 24.1 Å². The van der Waals surface area contributed by atoms with E-state index in [2.05, 4.69) is 5.10 Å². The summed E-state index contributed by atoms with van der Waals surface area (Å²) in [7, 11) is 0. The Morgan fingerprint density at radius 1 is 0.935 bits per heavy atom. The van der Waals surface area contributed by atoms with Crippen molar-refractivity contribution in [3.05, 3.63) is 65.0 Å². The summed E-state index contributed by atoms with van der Waals surface area (Å²) in [6, 6.07) is 17.0. The lowest BCUT2D eigenvalue weighted by molar-refractivity contribution is -0.133. The number of hydrogen-bond donors (Lipinski definition) is 0. The van der Waals surface area contributed by atoms with Gasteiger partial charge in [0.15, 0.2) is 0 Å². The Balaban J connectivity index is 1.50. The fourth-order valence-electron chi connectivity index (χ4n) is 3.74. The minimum Gasteiger partial charge on any atom is -0.450 e. The summed E-state index contributed by atoms with van der Waals surface area (Å²) in [6.07, 6.45) is -0.365. The monoisotopic (exact) mass is 420 g/mol. The van der Waals surface area contributed by atoms with E-state index >= 15 is 0 Å². The number of benzene rings is 2. The second kappa shape index (κ2) is 8.99. The highest BCUT2D eigenvalue weighted by molar-refractivity contribution is 5.95. The second-order valence-electron chi connectivity index (χ2n) is 7.31. The smallest absolute Gasteiger partial charge is 0.409 e. The number of nitrogens with zero attached hydrogens (tertiary/aromatic N) is 4. The number of aromatic nitrogens is 2. The first-order valence-electron chi connectivity index (χ1n) is 10.3. The zero-order valence-corrected chi connectivity index (χ0v) is 17.4. The molecule has 2 aromatic carbocycles. The average Bonchev–Trinajstić information content (AvgIpc) is 2.80. The Kier molecular flexibility index (Phi) is 5.97. The molecule has 0 saturated carbocycles. The Labute approximate surface area is 179 Å². The van der Waals surface area contributed by atoms with Gasteiger partial charge in [-0.3, -0.25) is 9.59 Å². The van der Waals surface area contributed by atoms with Crippen LogP contribution in [0.4, 0.5) is 4.79 Å². The lowest BCUT2D eigenvalue weighted by atomic mass is 10.0. The number of ether oxygens (including phenoxy) is 1. The number of carbonyl (C=O) groups is 2. The largest absolute Gasteiger partial charge is 0.450 e. The summed E-state index contributed by atoms with van der Waals surface area (Å²) in [4.78, 5) is 40.2. The van der Waals surface area contributed by atoms with E-state index in [1.165, 1.54) is 10.7 Å². The molecule has 3 aromatic rings. The van der Waals surface area contributed by atoms with Crippen LogP contribution in [0.15, 0.2) is 59.4 Å². The topological polar surface area (TPSA) is 84.7 Å². The van der Waals surface area contributed by atoms with Gasteiger partial charge in [-0.25, -0.2) is 9.48 Å². The predicted molar refractivity (Wildman–Crippen MR) is 117 cm³/mol. The number of piperazine rings is 1. The standard InChI is InChI=1S/C23H24N4O4/c1-2-31-23(30)26-14-12-25(13-15-26)22(29)16-27-21(28)11-10-20(24-27)19-9-5-7-17-6-3-4-8-18(17)19/h3-11H,2,12-16H2,1H3. The molecule has 4 rings (SSSR count). The predicted octanol–water partition coefficient (Wildman–Crippen LogP) is 2.36. The molecule has 2 amide bonds. The molecule has 8 nitrogen and oxygen atoms in total. The average molecular weight is 420 g/mol. The third-order valence-electron chi connectivity index (χ3n) is 5.38. The molecule has 1 saturated heterocycles. The number of amides is 2. The van der Waals surface area contributed by atoms with Crippen molar-refractivity contribution in [2.45, 2.75) is 13.5 Å². The van der Waals surface area contributed by atoms with E-state index in [1.807, 2.05) is 42.5 Å². The van der Waals surface area contributed by atoms with Gasteiger partial charge in [-0.05, 0) is 23.8 Å². The highest BCUT2D eigenvalue weighted by atomic mass is 16.6. The van der Waals surface area contributed by atoms with Gasteiger partial charge >= 0.3 is 6.09 Å². The molecule has 0 bridgehead atoms. The molecular weight excluding hydrogens is 396 g/mol. The van der Waals surface area contributed by atoms with Crippen molar-refractivity contribution in [3.8, 4) is 11.3 Å². The first-order valence-corrected chi connectivity index (χ1v) is 10.3. The maximum absolute atomic E-state index is 12.8. The van der Waals surface area contributed by atoms with Crippen LogP contribution in [0.3, 0.4) is 0 Å². The third kappa shape index (κ3) is 4.42. The highest BCUT2D eigenvalue weighted by Crippen LogP contribution is 2.26. The molecule has 2 heterocycles. The van der Waals surface area contributed by atoms with Gasteiger partial charge in [0.05, 0.1) is 12.3 Å². The van der Waals surface area contributed by atoms with E-state index < -0.39 is 0 Å². The first kappa shape index (κ1) is 20.6. The molecule has 0 unspecified atom stereocenters. The van der Waals surface area contributed by atoms with Crippen molar-refractivity contribution in [1.29, 1.82) is 0 Å². The maximum Gasteiger partial charge on any atom is 0.409 e. The van der Waals surface area contributed by atoms with Gasteiger partial charge in [-0.1, -0.05) is 42.5 Å². The number of carbonyl (C=O) groups excluding carboxylic acids is 2. The van der Waals surface area contributed by atoms with Crippen LogP contribution >= 0.6 is 0 Å². The van der Waals surface area contributed by atoms with Crippen LogP contribution in [-0.2, 0) is 16.1 Å². The van der Waals surface area contributed by atoms with E-state index in [0.29, 0.717) is 38.5 Å². The molecular formula is C23H24N4O4. The summed E-state index contributed by atoms with van der Waals surface area (Å²) in [6.45, 7) is 3.54. The van der Waals surface area contributed by atoms with Crippen LogP contribution in [0.5, 0.6) is 0 Å². The fourth-order valence-corrected chi connectivity index (χ4v) is 3.74. The Hall–Kier alpha value is -3.68. The molecule has 1 aromatic heterocycles. The Morgan fingerprint density at radius 2 is 1.65 bits per heavy atom. The van der Waals surface area contributed by atoms with E-state index in [4.69, 9.17) is 4.74 Å². The SMILES string of the molecule is CCOC(=O)N1CCN(C(=O)Cn2nc(-c3cccc4ccccc34)ccc2=O)CC1. The molecule has 0 atom stereocenters. The van der Waals surface area contributed by atoms with Crippen molar-refractivity contribution < 1.29 is 14.3 Å². The van der Waals surface area contributed by atoms with Gasteiger partial charge in [0, 0.05) is 37.8 Å². The van der Waals surface area contributed by atoms with Crippen molar-refractivity contribution in [3.63, 3.8) is 0 Å². The zero-order chi connectivity index (χ0) is 21.8. The molecule has 1 fully saturated rings. The van der Waals surface area contributed by atoms with Gasteiger partial charge in [0.25, 0.3) is 5.56 Å². The Morgan fingerprint density at radius 3 is 2.42 bits per heavy atom. The van der Waals surface area contributed by atoms with Crippen molar-refractivity contribution >= 4 is 22.8 Å². The third-order valence-corrected chi connectivity index (χ3v) is 5.38. The Bertz CT molecular complexity index is 1160. The van der Waals surface area contributed by atoms with Crippen LogP contribution in [0, 0.1) is 0 Å². The minimum atomic E-state index is -0.365. The molecule has 31 heavy (non-hydrogen) atoms. The summed E-state index contributed by atoms with van der Waals surface area (Å²) in [5, 5.41) is 6.58. The molecule has 0 radical (unpaired) electrons. The fraction of sp³-hybridized carbons (Fsp3) is 0.304. The molecule has 0 aliphatic carbocycles. The van der Waals surface area contributed by atoms with Crippen LogP contribution in [0.1, 0.15) is 6.92 Å². The zero-order valence-electron chi connectivity index (χ0n) is 17.4. The van der Waals surface area contributed by atoms with Crippen molar-refractivity contribution in [2.24, 2.45) is 0 Å². The molecule has 8 heteroatoms. The normalized spacial score (nSPS) is 14.0. The van der Waals surface area contributed by atoms with Gasteiger partial charge in [-0.15, -0.1) is 0 Å². The summed E-state index contributed by atoms with van der Waals surface area (Å²) >= 11 is 0. The lowest BCUT2D eigenvalue weighted by Gasteiger charge is -2.34.